The number of carbonyl (C=O) groups excluding carboxylic acids is 4. The Morgan fingerprint density at radius 2 is 1.88 bits per heavy atom. The number of nitrogens with one attached hydrogen (secondary N) is 3. The highest BCUT2D eigenvalue weighted by Gasteiger charge is 2.70. The largest absolute Gasteiger partial charge is 0.471 e. The molecule has 4 fully saturated rings. The third-order valence-corrected chi connectivity index (χ3v) is 9.31. The molecule has 0 spiro atoms. The van der Waals surface area contributed by atoms with Crippen molar-refractivity contribution in [2.45, 2.75) is 102 Å². The average molecular weight is 570 g/mol. The van der Waals surface area contributed by atoms with Gasteiger partial charge in [0.25, 0.3) is 0 Å². The second-order valence-electron chi connectivity index (χ2n) is 12.5. The summed E-state index contributed by atoms with van der Waals surface area (Å²) in [5, 5.41) is 17.0. The van der Waals surface area contributed by atoms with E-state index in [1.165, 1.54) is 11.8 Å². The van der Waals surface area contributed by atoms with Gasteiger partial charge in [0, 0.05) is 19.0 Å². The predicted octanol–water partition coefficient (Wildman–Crippen LogP) is 1.79. The van der Waals surface area contributed by atoms with Gasteiger partial charge in [-0.15, -0.1) is 0 Å². The second-order valence-corrected chi connectivity index (χ2v) is 12.5. The normalized spacial score (nSPS) is 30.4. The molecule has 13 heteroatoms. The molecule has 3 N–H and O–H groups in total. The summed E-state index contributed by atoms with van der Waals surface area (Å²) in [7, 11) is 0. The fraction of sp³-hybridized carbons (Fsp3) is 0.815. The molecular weight excluding hydrogens is 531 g/mol. The predicted molar refractivity (Wildman–Crippen MR) is 135 cm³/mol. The van der Waals surface area contributed by atoms with E-state index in [1.807, 2.05) is 25.2 Å². The lowest BCUT2D eigenvalue weighted by molar-refractivity contribution is -0.180. The Hall–Kier alpha value is -2.88. The quantitative estimate of drug-likeness (QED) is 0.387. The van der Waals surface area contributed by atoms with Crippen molar-refractivity contribution in [3.05, 3.63) is 0 Å². The van der Waals surface area contributed by atoms with Gasteiger partial charge in [0.15, 0.2) is 0 Å². The Labute approximate surface area is 231 Å². The maximum Gasteiger partial charge on any atom is 0.471 e. The molecule has 2 heterocycles. The van der Waals surface area contributed by atoms with Crippen LogP contribution in [0.1, 0.15) is 66.2 Å². The number of carbonyl (C=O) groups is 4. The molecule has 4 rings (SSSR count). The molecule has 2 saturated carbocycles. The van der Waals surface area contributed by atoms with Crippen LogP contribution in [0.2, 0.25) is 0 Å². The number of piperidine rings is 2. The number of nitriles is 1. The highest BCUT2D eigenvalue weighted by Crippen LogP contribution is 2.65. The summed E-state index contributed by atoms with van der Waals surface area (Å²) in [6, 6.07) is -1.67. The number of rotatable bonds is 9. The van der Waals surface area contributed by atoms with Gasteiger partial charge in [0.05, 0.1) is 17.8 Å². The lowest BCUT2D eigenvalue weighted by atomic mass is 9.81. The van der Waals surface area contributed by atoms with Crippen molar-refractivity contribution in [1.82, 2.24) is 20.9 Å². The SMILES string of the molecule is CC(OC1(C)CCC1)C(NC(=O)C(F)(F)F)C(=O)N1CC2C(C1C(=O)NC(C#N)CC1CCCNC1=O)C2(C)C. The van der Waals surface area contributed by atoms with E-state index in [2.05, 4.69) is 10.6 Å². The molecule has 2 saturated heterocycles. The maximum absolute atomic E-state index is 13.8. The van der Waals surface area contributed by atoms with Gasteiger partial charge >= 0.3 is 12.1 Å². The molecule has 7 unspecified atom stereocenters. The zero-order chi connectivity index (χ0) is 29.6. The van der Waals surface area contributed by atoms with E-state index in [4.69, 9.17) is 4.74 Å². The van der Waals surface area contributed by atoms with E-state index < -0.39 is 59.6 Å². The summed E-state index contributed by atoms with van der Waals surface area (Å²) < 4.78 is 45.6. The molecule has 0 aromatic rings. The smallest absolute Gasteiger partial charge is 0.370 e. The van der Waals surface area contributed by atoms with Gasteiger partial charge in [-0.1, -0.05) is 13.8 Å². The minimum Gasteiger partial charge on any atom is -0.370 e. The van der Waals surface area contributed by atoms with Gasteiger partial charge in [-0.05, 0) is 69.6 Å². The van der Waals surface area contributed by atoms with Crippen molar-refractivity contribution in [3.63, 3.8) is 0 Å². The van der Waals surface area contributed by atoms with Crippen LogP contribution in [0.5, 0.6) is 0 Å². The molecule has 0 aromatic heterocycles. The Morgan fingerprint density at radius 3 is 2.42 bits per heavy atom. The Bertz CT molecular complexity index is 1090. The van der Waals surface area contributed by atoms with Gasteiger partial charge in [-0.25, -0.2) is 0 Å². The summed E-state index contributed by atoms with van der Waals surface area (Å²) in [5.41, 5.74) is -0.908. The molecule has 4 aliphatic rings. The van der Waals surface area contributed by atoms with E-state index >= 15 is 0 Å². The van der Waals surface area contributed by atoms with Crippen LogP contribution in [0.3, 0.4) is 0 Å². The molecule has 0 aromatic carbocycles. The number of likely N-dealkylation sites (tertiary alicyclic amines) is 1. The summed E-state index contributed by atoms with van der Waals surface area (Å²) >= 11 is 0. The van der Waals surface area contributed by atoms with E-state index in [-0.39, 0.29) is 36.1 Å². The summed E-state index contributed by atoms with van der Waals surface area (Å²) in [6.07, 6.45) is -2.62. The first kappa shape index (κ1) is 30.1. The summed E-state index contributed by atoms with van der Waals surface area (Å²) in [4.78, 5) is 52.7. The van der Waals surface area contributed by atoms with Crippen LogP contribution in [-0.2, 0) is 23.9 Å². The first-order chi connectivity index (χ1) is 18.6. The maximum atomic E-state index is 13.8. The van der Waals surface area contributed by atoms with Crippen molar-refractivity contribution >= 4 is 23.6 Å². The number of ether oxygens (including phenoxy) is 1. The molecule has 2 aliphatic heterocycles. The van der Waals surface area contributed by atoms with Crippen LogP contribution in [-0.4, -0.2) is 77.6 Å². The van der Waals surface area contributed by atoms with Crippen molar-refractivity contribution in [3.8, 4) is 6.07 Å². The van der Waals surface area contributed by atoms with Crippen LogP contribution in [0, 0.1) is 34.5 Å². The zero-order valence-electron chi connectivity index (χ0n) is 23.3. The van der Waals surface area contributed by atoms with Crippen molar-refractivity contribution in [2.24, 2.45) is 23.2 Å². The fourth-order valence-electron chi connectivity index (χ4n) is 6.65. The fourth-order valence-corrected chi connectivity index (χ4v) is 6.65. The minimum absolute atomic E-state index is 0.0730. The van der Waals surface area contributed by atoms with Crippen LogP contribution in [0.25, 0.3) is 0 Å². The molecule has 222 valence electrons. The third-order valence-electron chi connectivity index (χ3n) is 9.31. The number of hydrogen-bond acceptors (Lipinski definition) is 6. The van der Waals surface area contributed by atoms with Crippen LogP contribution in [0.4, 0.5) is 13.2 Å². The number of alkyl halides is 3. The van der Waals surface area contributed by atoms with Crippen LogP contribution < -0.4 is 16.0 Å². The lowest BCUT2D eigenvalue weighted by Gasteiger charge is -2.43. The van der Waals surface area contributed by atoms with E-state index in [1.54, 1.807) is 6.92 Å². The topological polar surface area (TPSA) is 141 Å². The van der Waals surface area contributed by atoms with Crippen molar-refractivity contribution < 1.29 is 37.1 Å². The number of halogens is 3. The molecular formula is C27H38F3N5O5. The molecule has 10 nitrogen and oxygen atoms in total. The monoisotopic (exact) mass is 569 g/mol. The highest BCUT2D eigenvalue weighted by atomic mass is 19.4. The standard InChI is InChI=1S/C27H38F3N5O5/c1-14(40-26(4)8-6-9-26)19(34-24(39)27(28,29)30)23(38)35-13-17-18(25(17,2)3)20(35)22(37)33-16(12-31)11-15-7-5-10-32-21(15)36/h14-20H,5-11,13H2,1-4H3,(H,32,36)(H,33,37)(H,34,39). The number of amides is 4. The second kappa shape index (κ2) is 10.8. The molecule has 0 bridgehead atoms. The third kappa shape index (κ3) is 5.92. The molecule has 2 aliphatic carbocycles. The molecule has 0 radical (unpaired) electrons. The molecule has 4 amide bonds. The molecule has 7 atom stereocenters. The minimum atomic E-state index is -5.21. The van der Waals surface area contributed by atoms with Gasteiger partial charge in [-0.3, -0.25) is 19.2 Å². The van der Waals surface area contributed by atoms with Crippen molar-refractivity contribution in [2.75, 3.05) is 13.1 Å². The first-order valence-corrected chi connectivity index (χ1v) is 13.9. The lowest BCUT2D eigenvalue weighted by Crippen LogP contribution is -2.61. The van der Waals surface area contributed by atoms with Gasteiger partial charge < -0.3 is 25.6 Å². The van der Waals surface area contributed by atoms with Gasteiger partial charge in [0.2, 0.25) is 17.7 Å². The van der Waals surface area contributed by atoms with Crippen LogP contribution in [0.15, 0.2) is 0 Å². The van der Waals surface area contributed by atoms with E-state index in [9.17, 15) is 37.6 Å². The average Bonchev–Trinajstić information content (AvgIpc) is 3.18. The Kier molecular flexibility index (Phi) is 8.15. The Balaban J connectivity index is 1.53. The van der Waals surface area contributed by atoms with E-state index in [0.29, 0.717) is 25.8 Å². The van der Waals surface area contributed by atoms with Crippen LogP contribution >= 0.6 is 0 Å². The van der Waals surface area contributed by atoms with Gasteiger partial charge in [-0.2, -0.15) is 18.4 Å². The summed E-state index contributed by atoms with van der Waals surface area (Å²) in [5.74, 6) is -4.66. The van der Waals surface area contributed by atoms with Gasteiger partial charge in [0.1, 0.15) is 18.1 Å². The Morgan fingerprint density at radius 1 is 1.20 bits per heavy atom. The molecule has 40 heavy (non-hydrogen) atoms. The summed E-state index contributed by atoms with van der Waals surface area (Å²) in [6.45, 7) is 7.83. The number of fused-ring (bicyclic) bond motifs is 1. The van der Waals surface area contributed by atoms with E-state index in [0.717, 1.165) is 12.8 Å². The number of nitrogens with zero attached hydrogens (tertiary/aromatic N) is 2. The first-order valence-electron chi connectivity index (χ1n) is 13.9. The van der Waals surface area contributed by atoms with Crippen molar-refractivity contribution in [1.29, 1.82) is 5.26 Å². The number of hydrogen-bond donors (Lipinski definition) is 3. The highest BCUT2D eigenvalue weighted by molar-refractivity contribution is 5.95. The zero-order valence-corrected chi connectivity index (χ0v) is 23.3.